The molecule has 0 aliphatic heterocycles. The molecular formula is C23H21ClFN3. The van der Waals surface area contributed by atoms with E-state index in [1.807, 2.05) is 30.5 Å². The molecule has 0 spiro atoms. The lowest BCUT2D eigenvalue weighted by Crippen LogP contribution is -2.05. The Balaban J connectivity index is 1.47. The number of benzene rings is 2. The van der Waals surface area contributed by atoms with Crippen LogP contribution in [0.5, 0.6) is 0 Å². The molecule has 0 aliphatic rings. The quantitative estimate of drug-likeness (QED) is 0.442. The van der Waals surface area contributed by atoms with E-state index in [2.05, 4.69) is 45.9 Å². The first-order valence-corrected chi connectivity index (χ1v) is 9.73. The van der Waals surface area contributed by atoms with Gasteiger partial charge in [0.15, 0.2) is 0 Å². The molecule has 5 heteroatoms. The molecule has 4 rings (SSSR count). The lowest BCUT2D eigenvalue weighted by molar-refractivity contribution is 0.627. The fourth-order valence-corrected chi connectivity index (χ4v) is 3.51. The highest BCUT2D eigenvalue weighted by Crippen LogP contribution is 2.20. The van der Waals surface area contributed by atoms with Crippen LogP contribution in [0.1, 0.15) is 29.4 Å². The largest absolute Gasteiger partial charge is 0.379 e. The molecule has 0 atom stereocenters. The normalized spacial score (nSPS) is 11.1. The first kappa shape index (κ1) is 18.5. The molecule has 28 heavy (non-hydrogen) atoms. The van der Waals surface area contributed by atoms with Crippen molar-refractivity contribution in [1.82, 2.24) is 9.38 Å². The Kier molecular flexibility index (Phi) is 5.31. The number of imidazole rings is 1. The van der Waals surface area contributed by atoms with E-state index in [1.165, 1.54) is 17.7 Å². The molecule has 1 N–H and O–H groups in total. The Morgan fingerprint density at radius 1 is 0.964 bits per heavy atom. The lowest BCUT2D eigenvalue weighted by Gasteiger charge is -2.09. The predicted octanol–water partition coefficient (Wildman–Crippen LogP) is 5.89. The number of rotatable bonds is 6. The van der Waals surface area contributed by atoms with E-state index in [9.17, 15) is 4.39 Å². The van der Waals surface area contributed by atoms with Crippen LogP contribution in [0.2, 0.25) is 5.02 Å². The molecule has 0 aliphatic carbocycles. The molecule has 0 unspecified atom stereocenters. The first-order chi connectivity index (χ1) is 13.6. The number of hydrogen-bond donors (Lipinski definition) is 1. The standard InChI is InChI=1S/C23H21ClFN3/c1-2-21-22(28-15-18(24)7-12-23(28)27-21)14-26-20-10-5-17(6-11-20)13-16-3-8-19(25)9-4-16/h3-12,15,26H,2,13-14H2,1H3. The molecule has 0 saturated carbocycles. The van der Waals surface area contributed by atoms with Crippen molar-refractivity contribution in [2.24, 2.45) is 0 Å². The number of nitrogens with one attached hydrogen (secondary N) is 1. The van der Waals surface area contributed by atoms with Gasteiger partial charge >= 0.3 is 0 Å². The van der Waals surface area contributed by atoms with Crippen molar-refractivity contribution in [1.29, 1.82) is 0 Å². The Labute approximate surface area is 168 Å². The number of halogens is 2. The smallest absolute Gasteiger partial charge is 0.137 e. The molecule has 0 radical (unpaired) electrons. The van der Waals surface area contributed by atoms with E-state index in [4.69, 9.17) is 11.6 Å². The van der Waals surface area contributed by atoms with Crippen LogP contribution in [0.15, 0.2) is 66.9 Å². The summed E-state index contributed by atoms with van der Waals surface area (Å²) < 4.78 is 15.1. The molecule has 3 nitrogen and oxygen atoms in total. The third kappa shape index (κ3) is 4.02. The highest BCUT2D eigenvalue weighted by atomic mass is 35.5. The minimum absolute atomic E-state index is 0.205. The summed E-state index contributed by atoms with van der Waals surface area (Å²) in [6.45, 7) is 2.78. The van der Waals surface area contributed by atoms with E-state index in [0.717, 1.165) is 41.1 Å². The molecule has 0 bridgehead atoms. The third-order valence-electron chi connectivity index (χ3n) is 4.83. The second-order valence-electron chi connectivity index (χ2n) is 6.79. The summed E-state index contributed by atoms with van der Waals surface area (Å²) in [4.78, 5) is 4.69. The summed E-state index contributed by atoms with van der Waals surface area (Å²) in [5, 5.41) is 4.17. The second-order valence-corrected chi connectivity index (χ2v) is 7.22. The molecule has 2 heterocycles. The first-order valence-electron chi connectivity index (χ1n) is 9.35. The van der Waals surface area contributed by atoms with E-state index in [1.54, 1.807) is 0 Å². The van der Waals surface area contributed by atoms with Gasteiger partial charge in [-0.25, -0.2) is 9.37 Å². The number of nitrogens with zero attached hydrogens (tertiary/aromatic N) is 2. The van der Waals surface area contributed by atoms with Gasteiger partial charge in [0.25, 0.3) is 0 Å². The molecule has 2 aromatic carbocycles. The summed E-state index contributed by atoms with van der Waals surface area (Å²) >= 11 is 6.16. The van der Waals surface area contributed by atoms with Crippen LogP contribution in [0.3, 0.4) is 0 Å². The zero-order chi connectivity index (χ0) is 19.5. The number of hydrogen-bond acceptors (Lipinski definition) is 2. The Morgan fingerprint density at radius 2 is 1.64 bits per heavy atom. The van der Waals surface area contributed by atoms with E-state index in [-0.39, 0.29) is 5.82 Å². The number of aryl methyl sites for hydroxylation is 1. The van der Waals surface area contributed by atoms with Crippen molar-refractivity contribution < 1.29 is 4.39 Å². The zero-order valence-corrected chi connectivity index (χ0v) is 16.4. The van der Waals surface area contributed by atoms with Gasteiger partial charge in [0.2, 0.25) is 0 Å². The third-order valence-corrected chi connectivity index (χ3v) is 5.06. The van der Waals surface area contributed by atoms with Crippen molar-refractivity contribution in [3.8, 4) is 0 Å². The van der Waals surface area contributed by atoms with Crippen molar-refractivity contribution in [2.45, 2.75) is 26.3 Å². The topological polar surface area (TPSA) is 29.3 Å². The summed E-state index contributed by atoms with van der Waals surface area (Å²) in [6, 6.07) is 18.8. The lowest BCUT2D eigenvalue weighted by atomic mass is 10.0. The SMILES string of the molecule is CCc1nc2ccc(Cl)cn2c1CNc1ccc(Cc2ccc(F)cc2)cc1. The Morgan fingerprint density at radius 3 is 2.32 bits per heavy atom. The molecular weight excluding hydrogens is 373 g/mol. The number of pyridine rings is 1. The van der Waals surface area contributed by atoms with Gasteiger partial charge in [-0.3, -0.25) is 0 Å². The van der Waals surface area contributed by atoms with Crippen LogP contribution in [0, 0.1) is 5.82 Å². The minimum atomic E-state index is -0.205. The van der Waals surface area contributed by atoms with Gasteiger partial charge in [-0.1, -0.05) is 42.8 Å². The molecule has 0 saturated heterocycles. The van der Waals surface area contributed by atoms with Crippen molar-refractivity contribution >= 4 is 22.9 Å². The van der Waals surface area contributed by atoms with Crippen molar-refractivity contribution in [2.75, 3.05) is 5.32 Å². The number of fused-ring (bicyclic) bond motifs is 1. The fraction of sp³-hybridized carbons (Fsp3) is 0.174. The van der Waals surface area contributed by atoms with Gasteiger partial charge in [-0.2, -0.15) is 0 Å². The highest BCUT2D eigenvalue weighted by molar-refractivity contribution is 6.30. The molecule has 0 amide bonds. The highest BCUT2D eigenvalue weighted by Gasteiger charge is 2.11. The van der Waals surface area contributed by atoms with Crippen molar-refractivity contribution in [3.05, 3.63) is 100 Å². The summed E-state index contributed by atoms with van der Waals surface area (Å²) in [7, 11) is 0. The molecule has 2 aromatic heterocycles. The maximum Gasteiger partial charge on any atom is 0.137 e. The Hall–Kier alpha value is -2.85. The van der Waals surface area contributed by atoms with Gasteiger partial charge in [-0.05, 0) is 60.4 Å². The summed E-state index contributed by atoms with van der Waals surface area (Å²) in [6.07, 6.45) is 3.56. The monoisotopic (exact) mass is 393 g/mol. The van der Waals surface area contributed by atoms with Crippen LogP contribution < -0.4 is 5.32 Å². The average molecular weight is 394 g/mol. The molecule has 142 valence electrons. The predicted molar refractivity (Wildman–Crippen MR) is 113 cm³/mol. The van der Waals surface area contributed by atoms with E-state index in [0.29, 0.717) is 11.6 Å². The molecule has 4 aromatic rings. The van der Waals surface area contributed by atoms with Crippen LogP contribution in [0.25, 0.3) is 5.65 Å². The van der Waals surface area contributed by atoms with Crippen molar-refractivity contribution in [3.63, 3.8) is 0 Å². The molecule has 0 fully saturated rings. The van der Waals surface area contributed by atoms with E-state index >= 15 is 0 Å². The van der Waals surface area contributed by atoms with Gasteiger partial charge in [0, 0.05) is 11.9 Å². The van der Waals surface area contributed by atoms with Gasteiger partial charge in [0.05, 0.1) is 23.0 Å². The van der Waals surface area contributed by atoms with Crippen LogP contribution in [-0.2, 0) is 19.4 Å². The maximum absolute atomic E-state index is 13.0. The van der Waals surface area contributed by atoms with Gasteiger partial charge in [0.1, 0.15) is 11.5 Å². The van der Waals surface area contributed by atoms with Gasteiger partial charge in [-0.15, -0.1) is 0 Å². The average Bonchev–Trinajstić information content (AvgIpc) is 3.06. The zero-order valence-electron chi connectivity index (χ0n) is 15.6. The van der Waals surface area contributed by atoms with Crippen LogP contribution >= 0.6 is 11.6 Å². The summed E-state index contributed by atoms with van der Waals surface area (Å²) in [5.41, 5.74) is 6.43. The van der Waals surface area contributed by atoms with Crippen LogP contribution in [-0.4, -0.2) is 9.38 Å². The maximum atomic E-state index is 13.0. The van der Waals surface area contributed by atoms with Gasteiger partial charge < -0.3 is 9.72 Å². The Bertz CT molecular complexity index is 1090. The minimum Gasteiger partial charge on any atom is -0.379 e. The summed E-state index contributed by atoms with van der Waals surface area (Å²) in [5.74, 6) is -0.205. The number of aromatic nitrogens is 2. The fourth-order valence-electron chi connectivity index (χ4n) is 3.35. The second kappa shape index (κ2) is 8.03. The van der Waals surface area contributed by atoms with E-state index < -0.39 is 0 Å². The van der Waals surface area contributed by atoms with Crippen LogP contribution in [0.4, 0.5) is 10.1 Å². The number of anilines is 1.